The summed E-state index contributed by atoms with van der Waals surface area (Å²) < 4.78 is 11.0. The van der Waals surface area contributed by atoms with Crippen LogP contribution in [-0.2, 0) is 13.1 Å². The maximum absolute atomic E-state index is 5.59. The molecule has 0 saturated carbocycles. The zero-order valence-corrected chi connectivity index (χ0v) is 16.0. The second-order valence-corrected chi connectivity index (χ2v) is 6.60. The molecule has 5 nitrogen and oxygen atoms in total. The molecule has 0 radical (unpaired) electrons. The fourth-order valence-electron chi connectivity index (χ4n) is 3.20. The van der Waals surface area contributed by atoms with Gasteiger partial charge in [-0.1, -0.05) is 24.3 Å². The molecule has 0 unspecified atom stereocenters. The van der Waals surface area contributed by atoms with Crippen LogP contribution in [0.3, 0.4) is 0 Å². The van der Waals surface area contributed by atoms with Crippen LogP contribution in [0, 0.1) is 6.92 Å². The first-order chi connectivity index (χ1) is 13.7. The predicted octanol–water partition coefficient (Wildman–Crippen LogP) is 5.37. The topological polar surface area (TPSA) is 59.3 Å². The molecule has 28 heavy (non-hydrogen) atoms. The molecule has 0 aliphatic heterocycles. The number of fused-ring (bicyclic) bond motifs is 1. The highest BCUT2D eigenvalue weighted by Gasteiger charge is 2.06. The van der Waals surface area contributed by atoms with E-state index in [0.29, 0.717) is 13.1 Å². The molecule has 0 amide bonds. The number of benzene rings is 2. The van der Waals surface area contributed by atoms with E-state index in [-0.39, 0.29) is 0 Å². The van der Waals surface area contributed by atoms with Crippen molar-refractivity contribution in [3.05, 3.63) is 83.8 Å². The number of para-hydroxylation sites is 1. The van der Waals surface area contributed by atoms with Crippen LogP contribution in [0.5, 0.6) is 5.75 Å². The molecular weight excluding hydrogens is 350 g/mol. The van der Waals surface area contributed by atoms with Crippen molar-refractivity contribution in [1.82, 2.24) is 4.98 Å². The number of furan rings is 1. The highest BCUT2D eigenvalue weighted by molar-refractivity contribution is 5.92. The third-order valence-electron chi connectivity index (χ3n) is 4.63. The Kier molecular flexibility index (Phi) is 5.15. The van der Waals surface area contributed by atoms with Gasteiger partial charge in [0.05, 0.1) is 19.2 Å². The fraction of sp³-hybridized carbons (Fsp3) is 0.174. The van der Waals surface area contributed by atoms with E-state index in [0.717, 1.165) is 45.2 Å². The van der Waals surface area contributed by atoms with Gasteiger partial charge in [0.1, 0.15) is 23.1 Å². The third kappa shape index (κ3) is 3.93. The molecule has 0 aliphatic carbocycles. The number of rotatable bonds is 7. The van der Waals surface area contributed by atoms with E-state index in [2.05, 4.69) is 28.8 Å². The second-order valence-electron chi connectivity index (χ2n) is 6.60. The molecule has 0 bridgehead atoms. The van der Waals surface area contributed by atoms with Gasteiger partial charge in [0.25, 0.3) is 0 Å². The Morgan fingerprint density at radius 1 is 0.893 bits per heavy atom. The minimum atomic E-state index is 0.609. The van der Waals surface area contributed by atoms with E-state index < -0.39 is 0 Å². The Hall–Kier alpha value is -3.47. The molecule has 142 valence electrons. The molecule has 4 rings (SSSR count). The molecule has 2 aromatic heterocycles. The van der Waals surface area contributed by atoms with Crippen LogP contribution >= 0.6 is 0 Å². The number of nitrogens with one attached hydrogen (secondary N) is 2. The molecule has 4 aromatic rings. The van der Waals surface area contributed by atoms with E-state index in [1.807, 2.05) is 55.5 Å². The van der Waals surface area contributed by atoms with Crippen molar-refractivity contribution >= 4 is 22.4 Å². The van der Waals surface area contributed by atoms with Gasteiger partial charge < -0.3 is 19.8 Å². The van der Waals surface area contributed by atoms with Crippen molar-refractivity contribution < 1.29 is 9.15 Å². The Balaban J connectivity index is 1.50. The number of ether oxygens (including phenoxy) is 1. The van der Waals surface area contributed by atoms with Gasteiger partial charge in [-0.25, -0.2) is 4.98 Å². The van der Waals surface area contributed by atoms with Gasteiger partial charge >= 0.3 is 0 Å². The Morgan fingerprint density at radius 2 is 1.79 bits per heavy atom. The molecule has 2 heterocycles. The number of hydrogen-bond acceptors (Lipinski definition) is 5. The molecule has 0 saturated heterocycles. The number of nitrogens with zero attached hydrogens (tertiary/aromatic N) is 1. The maximum Gasteiger partial charge on any atom is 0.127 e. The Morgan fingerprint density at radius 3 is 2.61 bits per heavy atom. The van der Waals surface area contributed by atoms with Gasteiger partial charge in [0.2, 0.25) is 0 Å². The standard InChI is InChI=1S/C23H23N3O2/c1-16-10-11-18(28-16)15-25-23-13-12-19-20(7-5-8-21(19)26-23)24-14-17-6-3-4-9-22(17)27-2/h3-13,24H,14-15H2,1-2H3,(H,25,26). The number of aromatic nitrogens is 1. The van der Waals surface area contributed by atoms with Crippen molar-refractivity contribution in [3.8, 4) is 5.75 Å². The van der Waals surface area contributed by atoms with Crippen molar-refractivity contribution in [3.63, 3.8) is 0 Å². The SMILES string of the molecule is COc1ccccc1CNc1cccc2nc(NCc3ccc(C)o3)ccc12. The van der Waals surface area contributed by atoms with Crippen LogP contribution in [0.4, 0.5) is 11.5 Å². The van der Waals surface area contributed by atoms with Crippen molar-refractivity contribution in [2.24, 2.45) is 0 Å². The van der Waals surface area contributed by atoms with Crippen LogP contribution < -0.4 is 15.4 Å². The lowest BCUT2D eigenvalue weighted by molar-refractivity contribution is 0.410. The summed E-state index contributed by atoms with van der Waals surface area (Å²) in [6.45, 7) is 3.23. The summed E-state index contributed by atoms with van der Waals surface area (Å²) >= 11 is 0. The summed E-state index contributed by atoms with van der Waals surface area (Å²) in [5.74, 6) is 3.51. The van der Waals surface area contributed by atoms with Crippen LogP contribution in [0.1, 0.15) is 17.1 Å². The second kappa shape index (κ2) is 8.05. The number of methoxy groups -OCH3 is 1. The number of aryl methyl sites for hydroxylation is 1. The Bertz CT molecular complexity index is 1090. The van der Waals surface area contributed by atoms with Crippen molar-refractivity contribution in [2.75, 3.05) is 17.7 Å². The van der Waals surface area contributed by atoms with E-state index in [4.69, 9.17) is 14.1 Å². The van der Waals surface area contributed by atoms with E-state index in [1.54, 1.807) is 7.11 Å². The molecule has 2 N–H and O–H groups in total. The fourth-order valence-corrected chi connectivity index (χ4v) is 3.20. The first-order valence-corrected chi connectivity index (χ1v) is 9.27. The molecule has 5 heteroatoms. The van der Waals surface area contributed by atoms with Crippen LogP contribution in [0.2, 0.25) is 0 Å². The number of hydrogen-bond donors (Lipinski definition) is 2. The highest BCUT2D eigenvalue weighted by atomic mass is 16.5. The van der Waals surface area contributed by atoms with E-state index in [9.17, 15) is 0 Å². The lowest BCUT2D eigenvalue weighted by Gasteiger charge is -2.13. The zero-order valence-electron chi connectivity index (χ0n) is 16.0. The molecule has 0 fully saturated rings. The zero-order chi connectivity index (χ0) is 19.3. The molecule has 0 atom stereocenters. The first-order valence-electron chi connectivity index (χ1n) is 9.27. The monoisotopic (exact) mass is 373 g/mol. The average molecular weight is 373 g/mol. The minimum Gasteiger partial charge on any atom is -0.496 e. The Labute approximate surface area is 164 Å². The van der Waals surface area contributed by atoms with Gasteiger partial charge in [0, 0.05) is 23.2 Å². The smallest absolute Gasteiger partial charge is 0.127 e. The molecule has 2 aromatic carbocycles. The highest BCUT2D eigenvalue weighted by Crippen LogP contribution is 2.26. The normalized spacial score (nSPS) is 10.8. The van der Waals surface area contributed by atoms with Crippen molar-refractivity contribution in [2.45, 2.75) is 20.0 Å². The summed E-state index contributed by atoms with van der Waals surface area (Å²) in [5, 5.41) is 7.90. The lowest BCUT2D eigenvalue weighted by atomic mass is 10.1. The third-order valence-corrected chi connectivity index (χ3v) is 4.63. The minimum absolute atomic E-state index is 0.609. The summed E-state index contributed by atoms with van der Waals surface area (Å²) in [7, 11) is 1.69. The van der Waals surface area contributed by atoms with Gasteiger partial charge in [0.15, 0.2) is 0 Å². The van der Waals surface area contributed by atoms with Gasteiger partial charge in [-0.05, 0) is 49.4 Å². The van der Waals surface area contributed by atoms with E-state index in [1.165, 1.54) is 0 Å². The average Bonchev–Trinajstić information content (AvgIpc) is 3.15. The van der Waals surface area contributed by atoms with Gasteiger partial charge in [-0.15, -0.1) is 0 Å². The largest absolute Gasteiger partial charge is 0.496 e. The summed E-state index contributed by atoms with van der Waals surface area (Å²) in [6.07, 6.45) is 0. The number of anilines is 2. The summed E-state index contributed by atoms with van der Waals surface area (Å²) in [6, 6.07) is 22.1. The van der Waals surface area contributed by atoms with Gasteiger partial charge in [-0.2, -0.15) is 0 Å². The summed E-state index contributed by atoms with van der Waals surface area (Å²) in [4.78, 5) is 4.73. The number of pyridine rings is 1. The van der Waals surface area contributed by atoms with Crippen LogP contribution in [0.25, 0.3) is 10.9 Å². The molecule has 0 aliphatic rings. The van der Waals surface area contributed by atoms with E-state index >= 15 is 0 Å². The predicted molar refractivity (Wildman–Crippen MR) is 113 cm³/mol. The summed E-state index contributed by atoms with van der Waals surface area (Å²) in [5.41, 5.74) is 3.09. The van der Waals surface area contributed by atoms with Gasteiger partial charge in [-0.3, -0.25) is 0 Å². The molecule has 0 spiro atoms. The molecular formula is C23H23N3O2. The first kappa shape index (κ1) is 17.9. The maximum atomic E-state index is 5.59. The van der Waals surface area contributed by atoms with Crippen LogP contribution in [0.15, 0.2) is 71.1 Å². The quantitative estimate of drug-likeness (QED) is 0.456. The lowest BCUT2D eigenvalue weighted by Crippen LogP contribution is -2.03. The van der Waals surface area contributed by atoms with Crippen molar-refractivity contribution in [1.29, 1.82) is 0 Å². The van der Waals surface area contributed by atoms with Crippen LogP contribution in [-0.4, -0.2) is 12.1 Å².